The molecule has 0 aliphatic rings. The number of alkyl halides is 3. The van der Waals surface area contributed by atoms with Gasteiger partial charge in [0.15, 0.2) is 0 Å². The highest BCUT2D eigenvalue weighted by Crippen LogP contribution is 2.34. The van der Waals surface area contributed by atoms with Crippen LogP contribution in [0.4, 0.5) is 24.7 Å². The van der Waals surface area contributed by atoms with Gasteiger partial charge in [-0.1, -0.05) is 17.7 Å². The monoisotopic (exact) mass is 364 g/mol. The summed E-state index contributed by atoms with van der Waals surface area (Å²) in [6.07, 6.45) is -2.97. The number of benzene rings is 1. The highest BCUT2D eigenvalue weighted by molar-refractivity contribution is 9.10. The molecule has 0 aliphatic carbocycles. The molecule has 0 saturated heterocycles. The maximum Gasteiger partial charge on any atom is 0.416 e. The van der Waals surface area contributed by atoms with Crippen molar-refractivity contribution in [2.24, 2.45) is 0 Å². The van der Waals surface area contributed by atoms with Gasteiger partial charge in [-0.25, -0.2) is 4.98 Å². The van der Waals surface area contributed by atoms with E-state index in [0.29, 0.717) is 21.0 Å². The zero-order valence-corrected chi connectivity index (χ0v) is 12.6. The SMILES string of the molecule is Cc1ccc(Nc2ncc(Cl)cc2Br)cc1C(F)(F)F. The topological polar surface area (TPSA) is 24.9 Å². The smallest absolute Gasteiger partial charge is 0.339 e. The minimum atomic E-state index is -4.38. The lowest BCUT2D eigenvalue weighted by Crippen LogP contribution is -2.08. The second-order valence-corrected chi connectivity index (χ2v) is 5.43. The summed E-state index contributed by atoms with van der Waals surface area (Å²) in [6.45, 7) is 1.42. The van der Waals surface area contributed by atoms with Crippen molar-refractivity contribution in [2.75, 3.05) is 5.32 Å². The first kappa shape index (κ1) is 15.1. The largest absolute Gasteiger partial charge is 0.416 e. The number of aryl methyl sites for hydroxylation is 1. The number of pyridine rings is 1. The van der Waals surface area contributed by atoms with Gasteiger partial charge < -0.3 is 5.32 Å². The highest BCUT2D eigenvalue weighted by atomic mass is 79.9. The molecule has 0 saturated carbocycles. The predicted molar refractivity (Wildman–Crippen MR) is 76.4 cm³/mol. The molecule has 0 bridgehead atoms. The summed E-state index contributed by atoms with van der Waals surface area (Å²) < 4.78 is 39.1. The Morgan fingerprint density at radius 1 is 1.25 bits per heavy atom. The van der Waals surface area contributed by atoms with Crippen molar-refractivity contribution in [1.82, 2.24) is 4.98 Å². The lowest BCUT2D eigenvalue weighted by molar-refractivity contribution is -0.138. The van der Waals surface area contributed by atoms with Crippen LogP contribution >= 0.6 is 27.5 Å². The minimum Gasteiger partial charge on any atom is -0.339 e. The average molecular weight is 366 g/mol. The maximum absolute atomic E-state index is 12.8. The first-order valence-electron chi connectivity index (χ1n) is 5.53. The third-order valence-electron chi connectivity index (χ3n) is 2.61. The fraction of sp³-hybridized carbons (Fsp3) is 0.154. The van der Waals surface area contributed by atoms with Gasteiger partial charge in [-0.3, -0.25) is 0 Å². The van der Waals surface area contributed by atoms with Gasteiger partial charge in [0.1, 0.15) is 5.82 Å². The first-order chi connectivity index (χ1) is 9.27. The molecule has 0 spiro atoms. The van der Waals surface area contributed by atoms with Crippen molar-refractivity contribution in [2.45, 2.75) is 13.1 Å². The van der Waals surface area contributed by atoms with Crippen molar-refractivity contribution in [3.63, 3.8) is 0 Å². The number of anilines is 2. The van der Waals surface area contributed by atoms with E-state index >= 15 is 0 Å². The number of nitrogens with zero attached hydrogens (tertiary/aromatic N) is 1. The van der Waals surface area contributed by atoms with Crippen LogP contribution in [0.3, 0.4) is 0 Å². The van der Waals surface area contributed by atoms with E-state index in [1.165, 1.54) is 19.2 Å². The molecule has 1 N–H and O–H groups in total. The van der Waals surface area contributed by atoms with Crippen LogP contribution in [0, 0.1) is 6.92 Å². The molecule has 0 fully saturated rings. The quantitative estimate of drug-likeness (QED) is 0.753. The summed E-state index contributed by atoms with van der Waals surface area (Å²) in [5.41, 5.74) is -0.197. The molecule has 7 heteroatoms. The lowest BCUT2D eigenvalue weighted by atomic mass is 10.1. The van der Waals surface area contributed by atoms with Gasteiger partial charge in [0.2, 0.25) is 0 Å². The first-order valence-corrected chi connectivity index (χ1v) is 6.70. The van der Waals surface area contributed by atoms with Crippen LogP contribution in [0.1, 0.15) is 11.1 Å². The molecule has 0 aliphatic heterocycles. The van der Waals surface area contributed by atoms with E-state index < -0.39 is 11.7 Å². The van der Waals surface area contributed by atoms with Crippen molar-refractivity contribution in [3.05, 3.63) is 51.1 Å². The van der Waals surface area contributed by atoms with E-state index in [9.17, 15) is 13.2 Å². The van der Waals surface area contributed by atoms with Gasteiger partial charge in [0.05, 0.1) is 15.1 Å². The van der Waals surface area contributed by atoms with Gasteiger partial charge >= 0.3 is 6.18 Å². The molecule has 1 aromatic carbocycles. The number of halogens is 5. The Morgan fingerprint density at radius 3 is 2.55 bits per heavy atom. The van der Waals surface area contributed by atoms with Gasteiger partial charge in [0.25, 0.3) is 0 Å². The summed E-state index contributed by atoms with van der Waals surface area (Å²) in [5, 5.41) is 3.26. The zero-order chi connectivity index (χ0) is 14.9. The van der Waals surface area contributed by atoms with Crippen molar-refractivity contribution >= 4 is 39.0 Å². The van der Waals surface area contributed by atoms with Crippen molar-refractivity contribution < 1.29 is 13.2 Å². The molecular formula is C13H9BrClF3N2. The minimum absolute atomic E-state index is 0.172. The number of hydrogen-bond donors (Lipinski definition) is 1. The van der Waals surface area contributed by atoms with Crippen LogP contribution < -0.4 is 5.32 Å². The van der Waals surface area contributed by atoms with E-state index in [1.807, 2.05) is 0 Å². The number of hydrogen-bond acceptors (Lipinski definition) is 2. The van der Waals surface area contributed by atoms with E-state index in [4.69, 9.17) is 11.6 Å². The summed E-state index contributed by atoms with van der Waals surface area (Å²) in [6, 6.07) is 5.64. The molecule has 106 valence electrons. The number of aromatic nitrogens is 1. The Bertz CT molecular complexity index is 644. The molecule has 0 amide bonds. The molecule has 20 heavy (non-hydrogen) atoms. The van der Waals surface area contributed by atoms with Crippen LogP contribution in [0.15, 0.2) is 34.9 Å². The van der Waals surface area contributed by atoms with Crippen LogP contribution in [-0.2, 0) is 6.18 Å². The van der Waals surface area contributed by atoms with E-state index in [1.54, 1.807) is 12.1 Å². The second kappa shape index (κ2) is 5.61. The molecular weight excluding hydrogens is 357 g/mol. The molecule has 0 atom stereocenters. The van der Waals surface area contributed by atoms with Gasteiger partial charge in [0, 0.05) is 11.9 Å². The van der Waals surface area contributed by atoms with E-state index in [2.05, 4.69) is 26.2 Å². The maximum atomic E-state index is 12.8. The highest BCUT2D eigenvalue weighted by Gasteiger charge is 2.32. The van der Waals surface area contributed by atoms with Gasteiger partial charge in [-0.15, -0.1) is 0 Å². The fourth-order valence-corrected chi connectivity index (χ4v) is 2.39. The normalized spacial score (nSPS) is 11.5. The van der Waals surface area contributed by atoms with E-state index in [0.717, 1.165) is 6.07 Å². The number of nitrogens with one attached hydrogen (secondary N) is 1. The Morgan fingerprint density at radius 2 is 1.95 bits per heavy atom. The zero-order valence-electron chi connectivity index (χ0n) is 10.2. The van der Waals surface area contributed by atoms with Crippen molar-refractivity contribution in [3.8, 4) is 0 Å². The van der Waals surface area contributed by atoms with Crippen LogP contribution in [0.2, 0.25) is 5.02 Å². The Kier molecular flexibility index (Phi) is 4.25. The summed E-state index contributed by atoms with van der Waals surface area (Å²) in [7, 11) is 0. The molecule has 0 unspecified atom stereocenters. The van der Waals surface area contributed by atoms with Crippen LogP contribution in [0.5, 0.6) is 0 Å². The Hall–Kier alpha value is -1.27. The molecule has 1 heterocycles. The predicted octanol–water partition coefficient (Wildman–Crippen LogP) is 5.57. The molecule has 2 rings (SSSR count). The second-order valence-electron chi connectivity index (χ2n) is 4.14. The third kappa shape index (κ3) is 3.43. The van der Waals surface area contributed by atoms with Crippen LogP contribution in [-0.4, -0.2) is 4.98 Å². The van der Waals surface area contributed by atoms with Gasteiger partial charge in [-0.2, -0.15) is 13.2 Å². The van der Waals surface area contributed by atoms with Crippen molar-refractivity contribution in [1.29, 1.82) is 0 Å². The third-order valence-corrected chi connectivity index (χ3v) is 3.42. The standard InChI is InChI=1S/C13H9BrClF3N2/c1-7-2-3-9(5-10(7)13(16,17)18)20-12-11(14)4-8(15)6-19-12/h2-6H,1H3,(H,19,20). The van der Waals surface area contributed by atoms with Crippen LogP contribution in [0.25, 0.3) is 0 Å². The fourth-order valence-electron chi connectivity index (χ4n) is 1.65. The average Bonchev–Trinajstić information content (AvgIpc) is 2.33. The number of rotatable bonds is 2. The van der Waals surface area contributed by atoms with Gasteiger partial charge in [-0.05, 0) is 46.6 Å². The summed E-state index contributed by atoms with van der Waals surface area (Å²) >= 11 is 9.00. The molecule has 0 radical (unpaired) electrons. The molecule has 2 nitrogen and oxygen atoms in total. The molecule has 2 aromatic rings. The molecule has 1 aromatic heterocycles. The Balaban J connectivity index is 2.35. The lowest BCUT2D eigenvalue weighted by Gasteiger charge is -2.13. The van der Waals surface area contributed by atoms with E-state index in [-0.39, 0.29) is 5.56 Å². The summed E-state index contributed by atoms with van der Waals surface area (Å²) in [4.78, 5) is 4.02. The summed E-state index contributed by atoms with van der Waals surface area (Å²) in [5.74, 6) is 0.395. The Labute approximate surface area is 127 Å².